The average molecular weight is 1040 g/mol. The number of nitrogens with one attached hydrogen (secondary N) is 7. The lowest BCUT2D eigenvalue weighted by atomic mass is 10.0. The average Bonchev–Trinajstić information content (AvgIpc) is 3.85. The summed E-state index contributed by atoms with van der Waals surface area (Å²) < 4.78 is 0. The third kappa shape index (κ3) is 19.5. The number of hydrogen-bond donors (Lipinski definition) is 14. The second-order valence-corrected chi connectivity index (χ2v) is 17.6. The first-order valence-corrected chi connectivity index (χ1v) is 23.5. The molecule has 10 atom stereocenters. The molecular weight excluding hydrogens is 973 g/mol. The number of carboxylic acids is 1. The van der Waals surface area contributed by atoms with Gasteiger partial charge in [-0.05, 0) is 50.7 Å². The molecule has 11 amide bonds. The number of rotatable bonds is 30. The molecule has 2 aromatic rings. The largest absolute Gasteiger partial charge is 0.480 e. The van der Waals surface area contributed by atoms with Gasteiger partial charge in [0.05, 0.1) is 25.2 Å². The first-order valence-electron chi connectivity index (χ1n) is 23.5. The Kier molecular flexibility index (Phi) is 24.0. The molecular formula is C47H66N12O15. The fourth-order valence-electron chi connectivity index (χ4n) is 7.61. The quantitative estimate of drug-likeness (QED) is 0.0346. The molecule has 18 N–H and O–H groups in total. The summed E-state index contributed by atoms with van der Waals surface area (Å²) in [7, 11) is 0. The highest BCUT2D eigenvalue weighted by atomic mass is 16.4. The smallest absolute Gasteiger partial charge is 0.328 e. The van der Waals surface area contributed by atoms with Crippen molar-refractivity contribution in [1.82, 2.24) is 42.1 Å². The fourth-order valence-corrected chi connectivity index (χ4v) is 7.61. The first kappa shape index (κ1) is 60.3. The van der Waals surface area contributed by atoms with Gasteiger partial charge in [0, 0.05) is 32.2 Å². The first-order chi connectivity index (χ1) is 34.9. The van der Waals surface area contributed by atoms with Crippen LogP contribution in [-0.4, -0.2) is 165 Å². The maximum absolute atomic E-state index is 14.5. The lowest BCUT2D eigenvalue weighted by Crippen LogP contribution is -2.61. The van der Waals surface area contributed by atoms with Crippen LogP contribution in [-0.2, 0) is 70.4 Å². The van der Waals surface area contributed by atoms with Gasteiger partial charge in [0.2, 0.25) is 65.0 Å². The number of aliphatic hydroxyl groups excluding tert-OH is 2. The molecule has 0 aliphatic carbocycles. The van der Waals surface area contributed by atoms with Gasteiger partial charge < -0.3 is 80.4 Å². The molecule has 1 heterocycles. The van der Waals surface area contributed by atoms with E-state index in [1.807, 2.05) is 0 Å². The summed E-state index contributed by atoms with van der Waals surface area (Å²) in [6, 6.07) is 3.10. The van der Waals surface area contributed by atoms with Crippen molar-refractivity contribution >= 4 is 70.9 Å². The van der Waals surface area contributed by atoms with Crippen LogP contribution in [0.5, 0.6) is 0 Å². The van der Waals surface area contributed by atoms with E-state index in [-0.39, 0.29) is 45.1 Å². The second kappa shape index (κ2) is 29.5. The zero-order chi connectivity index (χ0) is 55.2. The number of nitrogens with zero attached hydrogens (tertiary/aromatic N) is 1. The van der Waals surface area contributed by atoms with Crippen LogP contribution in [0.1, 0.15) is 69.9 Å². The minimum atomic E-state index is -1.84. The molecule has 1 fully saturated rings. The van der Waals surface area contributed by atoms with Crippen LogP contribution in [0.2, 0.25) is 0 Å². The standard InChI is InChI=1S/C47H66N12O15/c1-24(52-41(67)29(16-18-36(50)63)53-40(66)28(48)15-17-35(49)62)39(65)54-31(22-37(51)64)42(68)57-33(23-60)44(70)56-32(21-27-12-7-4-8-13-27)46(72)59-19-9-14-34(59)45(71)55-30(20-26-10-5-3-6-11-26)43(69)58-38(25(2)61)47(73)74/h3-8,10-13,24-25,28-34,38,60-61H,9,14-23,48H2,1-2H3,(H2,49,62)(H2,50,63)(H2,51,64)(H,52,67)(H,53,66)(H,54,65)(H,55,71)(H,56,70)(H,57,68)(H,58,69)(H,73,74)/t24-,25+,28-,29-,30-,31-,32-,33-,34-,38-/m0/s1. The summed E-state index contributed by atoms with van der Waals surface area (Å²) in [5.74, 6) is -12.0. The van der Waals surface area contributed by atoms with Crippen molar-refractivity contribution in [2.75, 3.05) is 13.2 Å². The van der Waals surface area contributed by atoms with Gasteiger partial charge in [-0.2, -0.15) is 0 Å². The van der Waals surface area contributed by atoms with Crippen LogP contribution >= 0.6 is 0 Å². The third-order valence-electron chi connectivity index (χ3n) is 11.7. The maximum Gasteiger partial charge on any atom is 0.328 e. The van der Waals surface area contributed by atoms with Gasteiger partial charge in [0.25, 0.3) is 0 Å². The van der Waals surface area contributed by atoms with Crippen molar-refractivity contribution in [2.45, 2.75) is 132 Å². The van der Waals surface area contributed by atoms with Crippen molar-refractivity contribution in [2.24, 2.45) is 22.9 Å². The minimum Gasteiger partial charge on any atom is -0.480 e. The van der Waals surface area contributed by atoms with Crippen molar-refractivity contribution < 1.29 is 72.9 Å². The Bertz CT molecular complexity index is 2340. The van der Waals surface area contributed by atoms with Crippen molar-refractivity contribution in [3.8, 4) is 0 Å². The number of primary amides is 3. The molecule has 0 bridgehead atoms. The zero-order valence-corrected chi connectivity index (χ0v) is 40.8. The number of carboxylic acid groups (broad SMARTS) is 1. The van der Waals surface area contributed by atoms with Crippen molar-refractivity contribution in [3.05, 3.63) is 71.8 Å². The Morgan fingerprint density at radius 3 is 1.61 bits per heavy atom. The normalized spacial score (nSPS) is 16.7. The highest BCUT2D eigenvalue weighted by molar-refractivity contribution is 5.99. The van der Waals surface area contributed by atoms with Gasteiger partial charge in [-0.1, -0.05) is 60.7 Å². The van der Waals surface area contributed by atoms with Crippen LogP contribution in [0.25, 0.3) is 0 Å². The topological polar surface area (TPSA) is 457 Å². The zero-order valence-electron chi connectivity index (χ0n) is 40.8. The summed E-state index contributed by atoms with van der Waals surface area (Å²) in [6.45, 7) is 1.26. The number of likely N-dealkylation sites (tertiary alicyclic amines) is 1. The van der Waals surface area contributed by atoms with Crippen LogP contribution in [0.4, 0.5) is 0 Å². The summed E-state index contributed by atoms with van der Waals surface area (Å²) in [4.78, 5) is 157. The summed E-state index contributed by atoms with van der Waals surface area (Å²) >= 11 is 0. The molecule has 0 unspecified atom stereocenters. The lowest BCUT2D eigenvalue weighted by molar-refractivity contribution is -0.145. The highest BCUT2D eigenvalue weighted by Crippen LogP contribution is 2.21. The molecule has 1 saturated heterocycles. The number of amides is 11. The molecule has 1 aliphatic rings. The van der Waals surface area contributed by atoms with E-state index in [1.165, 1.54) is 11.8 Å². The van der Waals surface area contributed by atoms with E-state index in [4.69, 9.17) is 22.9 Å². The van der Waals surface area contributed by atoms with E-state index >= 15 is 0 Å². The number of aliphatic hydroxyl groups is 2. The molecule has 0 spiro atoms. The Morgan fingerprint density at radius 1 is 0.595 bits per heavy atom. The van der Waals surface area contributed by atoms with E-state index < -0.39 is 151 Å². The van der Waals surface area contributed by atoms with Gasteiger partial charge >= 0.3 is 5.97 Å². The molecule has 0 radical (unpaired) electrons. The predicted molar refractivity (Wildman–Crippen MR) is 259 cm³/mol. The monoisotopic (exact) mass is 1040 g/mol. The molecule has 2 aromatic carbocycles. The Balaban J connectivity index is 1.80. The van der Waals surface area contributed by atoms with E-state index in [2.05, 4.69) is 37.2 Å². The van der Waals surface area contributed by atoms with Gasteiger partial charge in [-0.15, -0.1) is 0 Å². The molecule has 1 aliphatic heterocycles. The van der Waals surface area contributed by atoms with E-state index in [0.717, 1.165) is 6.92 Å². The van der Waals surface area contributed by atoms with E-state index in [0.29, 0.717) is 17.5 Å². The second-order valence-electron chi connectivity index (χ2n) is 17.6. The van der Waals surface area contributed by atoms with Crippen LogP contribution in [0.3, 0.4) is 0 Å². The molecule has 0 saturated carbocycles. The summed E-state index contributed by atoms with van der Waals surface area (Å²) in [5.41, 5.74) is 22.6. The number of aliphatic carboxylic acids is 1. The molecule has 3 rings (SSSR count). The molecule has 404 valence electrons. The van der Waals surface area contributed by atoms with Crippen molar-refractivity contribution in [3.63, 3.8) is 0 Å². The molecule has 74 heavy (non-hydrogen) atoms. The molecule has 27 nitrogen and oxygen atoms in total. The van der Waals surface area contributed by atoms with E-state index in [1.54, 1.807) is 60.7 Å². The Morgan fingerprint density at radius 2 is 1.08 bits per heavy atom. The maximum atomic E-state index is 14.5. The SMILES string of the molecule is C[C@H](NC(=O)[C@H](CCC(N)=O)NC(=O)[C@@H](N)CCC(N)=O)C(=O)N[C@@H](CC(N)=O)C(=O)N[C@@H](CO)C(=O)N[C@@H](Cc1ccccc1)C(=O)N1CCC[C@H]1C(=O)N[C@@H](Cc1ccccc1)C(=O)N[C@H](C(=O)O)[C@@H](C)O. The number of carbonyl (C=O) groups is 12. The Hall–Kier alpha value is -8.04. The van der Waals surface area contributed by atoms with Crippen LogP contribution in [0, 0.1) is 0 Å². The van der Waals surface area contributed by atoms with E-state index in [9.17, 15) is 72.9 Å². The lowest BCUT2D eigenvalue weighted by Gasteiger charge is -2.31. The summed E-state index contributed by atoms with van der Waals surface area (Å²) in [6.07, 6.45) is -3.38. The van der Waals surface area contributed by atoms with Crippen molar-refractivity contribution in [1.29, 1.82) is 0 Å². The van der Waals surface area contributed by atoms with Gasteiger partial charge in [-0.25, -0.2) is 4.79 Å². The predicted octanol–water partition coefficient (Wildman–Crippen LogP) is -5.93. The van der Waals surface area contributed by atoms with Crippen LogP contribution < -0.4 is 60.2 Å². The van der Waals surface area contributed by atoms with Gasteiger partial charge in [-0.3, -0.25) is 52.7 Å². The number of hydrogen-bond acceptors (Lipinski definition) is 15. The summed E-state index contributed by atoms with van der Waals surface area (Å²) in [5, 5.41) is 46.4. The highest BCUT2D eigenvalue weighted by Gasteiger charge is 2.41. The third-order valence-corrected chi connectivity index (χ3v) is 11.7. The molecule has 27 heteroatoms. The van der Waals surface area contributed by atoms with Gasteiger partial charge in [0.1, 0.15) is 42.3 Å². The fraction of sp³-hybridized carbons (Fsp3) is 0.489. The van der Waals surface area contributed by atoms with Crippen LogP contribution in [0.15, 0.2) is 60.7 Å². The van der Waals surface area contributed by atoms with Gasteiger partial charge in [0.15, 0.2) is 6.04 Å². The number of benzene rings is 2. The number of nitrogens with two attached hydrogens (primary N) is 4. The number of carbonyl (C=O) groups excluding carboxylic acids is 11. The Labute approximate surface area is 425 Å². The molecule has 0 aromatic heterocycles. The minimum absolute atomic E-state index is 0.0134.